The van der Waals surface area contributed by atoms with E-state index < -0.39 is 0 Å². The van der Waals surface area contributed by atoms with Crippen LogP contribution in [0.5, 0.6) is 0 Å². The van der Waals surface area contributed by atoms with Gasteiger partial charge in [0.2, 0.25) is 0 Å². The summed E-state index contributed by atoms with van der Waals surface area (Å²) >= 11 is 0. The van der Waals surface area contributed by atoms with Gasteiger partial charge in [0.25, 0.3) is 0 Å². The van der Waals surface area contributed by atoms with Crippen LogP contribution < -0.4 is 5.73 Å². The van der Waals surface area contributed by atoms with Crippen molar-refractivity contribution >= 4 is 0 Å². The minimum atomic E-state index is -0.257. The van der Waals surface area contributed by atoms with E-state index in [1.54, 1.807) is 12.1 Å². The van der Waals surface area contributed by atoms with Crippen LogP contribution in [-0.2, 0) is 22.6 Å². The molecule has 17 heavy (non-hydrogen) atoms. The Labute approximate surface area is 102 Å². The van der Waals surface area contributed by atoms with E-state index >= 15 is 0 Å². The Balaban J connectivity index is 2.35. The fourth-order valence-electron chi connectivity index (χ4n) is 1.39. The van der Waals surface area contributed by atoms with Crippen molar-refractivity contribution in [2.75, 3.05) is 13.2 Å². The Kier molecular flexibility index (Phi) is 6.11. The predicted molar refractivity (Wildman–Crippen MR) is 65.0 cm³/mol. The highest BCUT2D eigenvalue weighted by molar-refractivity contribution is 5.24. The molecule has 0 saturated heterocycles. The first-order valence-electron chi connectivity index (χ1n) is 5.80. The average molecular weight is 241 g/mol. The summed E-state index contributed by atoms with van der Waals surface area (Å²) in [4.78, 5) is 0. The van der Waals surface area contributed by atoms with Crippen molar-refractivity contribution in [1.82, 2.24) is 0 Å². The molecule has 3 nitrogen and oxygen atoms in total. The molecule has 0 fully saturated rings. The zero-order valence-corrected chi connectivity index (χ0v) is 10.4. The molecule has 0 bridgehead atoms. The van der Waals surface area contributed by atoms with E-state index in [9.17, 15) is 4.39 Å². The molecule has 0 aliphatic carbocycles. The molecular formula is C13H20FNO2. The van der Waals surface area contributed by atoms with Crippen molar-refractivity contribution in [1.29, 1.82) is 0 Å². The number of nitrogens with two attached hydrogens (primary N) is 1. The van der Waals surface area contributed by atoms with Crippen LogP contribution in [0.25, 0.3) is 0 Å². The van der Waals surface area contributed by atoms with E-state index in [0.717, 1.165) is 5.56 Å². The Bertz CT molecular complexity index is 342. The summed E-state index contributed by atoms with van der Waals surface area (Å²) in [5.74, 6) is -0.257. The first kappa shape index (κ1) is 14.1. The van der Waals surface area contributed by atoms with Crippen LogP contribution in [-0.4, -0.2) is 19.3 Å². The maximum absolute atomic E-state index is 13.4. The summed E-state index contributed by atoms with van der Waals surface area (Å²) in [6, 6.07) is 4.84. The molecule has 0 amide bonds. The SMILES string of the molecule is CC(C)OCCOCc1cc(CN)ccc1F. The summed E-state index contributed by atoms with van der Waals surface area (Å²) in [7, 11) is 0. The molecule has 0 aliphatic heterocycles. The lowest BCUT2D eigenvalue weighted by Gasteiger charge is -2.09. The van der Waals surface area contributed by atoms with Gasteiger partial charge in [-0.05, 0) is 31.5 Å². The van der Waals surface area contributed by atoms with Crippen LogP contribution in [0.2, 0.25) is 0 Å². The highest BCUT2D eigenvalue weighted by atomic mass is 19.1. The first-order valence-corrected chi connectivity index (χ1v) is 5.80. The summed E-state index contributed by atoms with van der Waals surface area (Å²) in [6.45, 7) is 5.57. The van der Waals surface area contributed by atoms with Crippen LogP contribution in [0.15, 0.2) is 18.2 Å². The second kappa shape index (κ2) is 7.37. The molecule has 0 spiro atoms. The summed E-state index contributed by atoms with van der Waals surface area (Å²) in [5.41, 5.74) is 6.94. The van der Waals surface area contributed by atoms with Crippen molar-refractivity contribution in [2.45, 2.75) is 33.1 Å². The minimum absolute atomic E-state index is 0.191. The van der Waals surface area contributed by atoms with Gasteiger partial charge >= 0.3 is 0 Å². The van der Waals surface area contributed by atoms with E-state index in [4.69, 9.17) is 15.2 Å². The Hall–Kier alpha value is -0.970. The fourth-order valence-corrected chi connectivity index (χ4v) is 1.39. The number of hydrogen-bond acceptors (Lipinski definition) is 3. The molecule has 0 unspecified atom stereocenters. The topological polar surface area (TPSA) is 44.5 Å². The quantitative estimate of drug-likeness (QED) is 0.744. The van der Waals surface area contributed by atoms with Gasteiger partial charge in [-0.15, -0.1) is 0 Å². The number of benzene rings is 1. The lowest BCUT2D eigenvalue weighted by atomic mass is 10.1. The number of halogens is 1. The Morgan fingerprint density at radius 2 is 2.06 bits per heavy atom. The molecule has 1 rings (SSSR count). The summed E-state index contributed by atoms with van der Waals surface area (Å²) in [6.07, 6.45) is 0.191. The highest BCUT2D eigenvalue weighted by Gasteiger charge is 2.03. The van der Waals surface area contributed by atoms with Crippen LogP contribution in [0, 0.1) is 5.82 Å². The van der Waals surface area contributed by atoms with Gasteiger partial charge < -0.3 is 15.2 Å². The van der Waals surface area contributed by atoms with E-state index in [1.807, 2.05) is 13.8 Å². The van der Waals surface area contributed by atoms with Crippen molar-refractivity contribution in [3.05, 3.63) is 35.1 Å². The van der Waals surface area contributed by atoms with Crippen LogP contribution >= 0.6 is 0 Å². The van der Waals surface area contributed by atoms with Gasteiger partial charge in [-0.1, -0.05) is 6.07 Å². The molecule has 0 aliphatic rings. The molecule has 0 heterocycles. The highest BCUT2D eigenvalue weighted by Crippen LogP contribution is 2.11. The molecule has 0 atom stereocenters. The predicted octanol–water partition coefficient (Wildman–Crippen LogP) is 2.23. The monoisotopic (exact) mass is 241 g/mol. The molecule has 0 aromatic heterocycles. The van der Waals surface area contributed by atoms with Gasteiger partial charge in [0.15, 0.2) is 0 Å². The standard InChI is InChI=1S/C13H20FNO2/c1-10(2)17-6-5-16-9-12-7-11(8-15)3-4-13(12)14/h3-4,7,10H,5-6,8-9,15H2,1-2H3. The lowest BCUT2D eigenvalue weighted by Crippen LogP contribution is -2.10. The van der Waals surface area contributed by atoms with Crippen molar-refractivity contribution in [3.8, 4) is 0 Å². The molecule has 0 saturated carbocycles. The van der Waals surface area contributed by atoms with Crippen LogP contribution in [0.4, 0.5) is 4.39 Å². The average Bonchev–Trinajstić information content (AvgIpc) is 2.30. The number of rotatable bonds is 7. The van der Waals surface area contributed by atoms with Crippen LogP contribution in [0.3, 0.4) is 0 Å². The first-order chi connectivity index (χ1) is 8.13. The van der Waals surface area contributed by atoms with Crippen molar-refractivity contribution < 1.29 is 13.9 Å². The maximum Gasteiger partial charge on any atom is 0.128 e. The second-order valence-electron chi connectivity index (χ2n) is 4.10. The Morgan fingerprint density at radius 1 is 1.29 bits per heavy atom. The van der Waals surface area contributed by atoms with Gasteiger partial charge in [-0.3, -0.25) is 0 Å². The largest absolute Gasteiger partial charge is 0.376 e. The summed E-state index contributed by atoms with van der Waals surface area (Å²) in [5, 5.41) is 0. The second-order valence-corrected chi connectivity index (χ2v) is 4.10. The third-order valence-corrected chi connectivity index (χ3v) is 2.28. The molecule has 1 aromatic carbocycles. The molecule has 2 N–H and O–H groups in total. The van der Waals surface area contributed by atoms with Gasteiger partial charge in [0, 0.05) is 12.1 Å². The lowest BCUT2D eigenvalue weighted by molar-refractivity contribution is 0.0136. The zero-order valence-electron chi connectivity index (χ0n) is 10.4. The third kappa shape index (κ3) is 5.26. The molecule has 4 heteroatoms. The minimum Gasteiger partial charge on any atom is -0.376 e. The Morgan fingerprint density at radius 3 is 2.71 bits per heavy atom. The van der Waals surface area contributed by atoms with E-state index in [2.05, 4.69) is 0 Å². The van der Waals surface area contributed by atoms with Gasteiger partial charge in [0.1, 0.15) is 5.82 Å². The van der Waals surface area contributed by atoms with E-state index in [1.165, 1.54) is 6.07 Å². The van der Waals surface area contributed by atoms with Crippen molar-refractivity contribution in [2.24, 2.45) is 5.73 Å². The maximum atomic E-state index is 13.4. The summed E-state index contributed by atoms with van der Waals surface area (Å²) < 4.78 is 24.1. The number of hydrogen-bond donors (Lipinski definition) is 1. The van der Waals surface area contributed by atoms with Gasteiger partial charge in [0.05, 0.1) is 25.9 Å². The smallest absolute Gasteiger partial charge is 0.128 e. The molecule has 96 valence electrons. The van der Waals surface area contributed by atoms with Crippen molar-refractivity contribution in [3.63, 3.8) is 0 Å². The van der Waals surface area contributed by atoms with Gasteiger partial charge in [-0.25, -0.2) is 4.39 Å². The normalized spacial score (nSPS) is 11.1. The van der Waals surface area contributed by atoms with E-state index in [0.29, 0.717) is 25.3 Å². The van der Waals surface area contributed by atoms with Gasteiger partial charge in [-0.2, -0.15) is 0 Å². The molecule has 0 radical (unpaired) electrons. The molecular weight excluding hydrogens is 221 g/mol. The fraction of sp³-hybridized carbons (Fsp3) is 0.538. The molecule has 1 aromatic rings. The van der Waals surface area contributed by atoms with E-state index in [-0.39, 0.29) is 18.5 Å². The third-order valence-electron chi connectivity index (χ3n) is 2.28. The van der Waals surface area contributed by atoms with Crippen LogP contribution in [0.1, 0.15) is 25.0 Å². The number of ether oxygens (including phenoxy) is 2. The zero-order chi connectivity index (χ0) is 12.7.